The number of nitrogens with zero attached hydrogens (tertiary/aromatic N) is 2. The largest absolute Gasteiger partial charge is 0.503 e. The number of hydrogen-bond donors (Lipinski definition) is 1. The molecule has 6 nitrogen and oxygen atoms in total. The number of aliphatic hydroxyl groups is 1. The van der Waals surface area contributed by atoms with Gasteiger partial charge in [-0.1, -0.05) is 66.7 Å². The smallest absolute Gasteiger partial charge is 0.290 e. The van der Waals surface area contributed by atoms with E-state index in [-0.39, 0.29) is 11.4 Å². The van der Waals surface area contributed by atoms with Crippen LogP contribution < -0.4 is 0 Å². The van der Waals surface area contributed by atoms with Crippen molar-refractivity contribution in [2.24, 2.45) is 0 Å². The van der Waals surface area contributed by atoms with Gasteiger partial charge in [-0.25, -0.2) is 0 Å². The molecule has 2 aliphatic rings. The van der Waals surface area contributed by atoms with Gasteiger partial charge in [0.2, 0.25) is 0 Å². The minimum atomic E-state index is -0.596. The molecule has 1 N–H and O–H groups in total. The molecular weight excluding hydrogens is 404 g/mol. The van der Waals surface area contributed by atoms with Gasteiger partial charge in [-0.05, 0) is 23.6 Å². The lowest BCUT2D eigenvalue weighted by molar-refractivity contribution is -0.129. The Morgan fingerprint density at radius 2 is 1.66 bits per heavy atom. The Balaban J connectivity index is 1.54. The van der Waals surface area contributed by atoms with Crippen LogP contribution in [0.3, 0.4) is 0 Å². The molecule has 1 fully saturated rings. The van der Waals surface area contributed by atoms with Crippen molar-refractivity contribution in [1.82, 2.24) is 9.80 Å². The van der Waals surface area contributed by atoms with E-state index in [4.69, 9.17) is 4.74 Å². The van der Waals surface area contributed by atoms with Gasteiger partial charge >= 0.3 is 0 Å². The van der Waals surface area contributed by atoms with E-state index in [1.807, 2.05) is 60.7 Å². The van der Waals surface area contributed by atoms with Crippen LogP contribution in [0.4, 0.5) is 0 Å². The molecule has 1 saturated heterocycles. The molecule has 2 aromatic rings. The lowest BCUT2D eigenvalue weighted by Gasteiger charge is -2.29. The molecule has 4 rings (SSSR count). The molecule has 0 radical (unpaired) electrons. The summed E-state index contributed by atoms with van der Waals surface area (Å²) in [5.41, 5.74) is 1.83. The van der Waals surface area contributed by atoms with E-state index in [9.17, 15) is 14.7 Å². The molecule has 2 aliphatic heterocycles. The number of ether oxygens (including phenoxy) is 1. The Kier molecular flexibility index (Phi) is 7.14. The molecule has 166 valence electrons. The van der Waals surface area contributed by atoms with Crippen LogP contribution >= 0.6 is 0 Å². The Hall–Kier alpha value is -3.22. The number of benzene rings is 2. The first-order valence-electron chi connectivity index (χ1n) is 11.0. The zero-order valence-electron chi connectivity index (χ0n) is 18.0. The summed E-state index contributed by atoms with van der Waals surface area (Å²) in [6.45, 7) is 4.51. The van der Waals surface area contributed by atoms with Gasteiger partial charge in [0.1, 0.15) is 0 Å². The number of aliphatic hydroxyl groups excluding tert-OH is 1. The quantitative estimate of drug-likeness (QED) is 0.648. The second-order valence-electron chi connectivity index (χ2n) is 7.99. The summed E-state index contributed by atoms with van der Waals surface area (Å²) in [7, 11) is 0. The third kappa shape index (κ3) is 4.98. The van der Waals surface area contributed by atoms with E-state index in [2.05, 4.69) is 4.90 Å². The summed E-state index contributed by atoms with van der Waals surface area (Å²) in [4.78, 5) is 30.0. The topological polar surface area (TPSA) is 70.1 Å². The molecule has 0 spiro atoms. The van der Waals surface area contributed by atoms with Gasteiger partial charge in [0.15, 0.2) is 11.5 Å². The first-order chi connectivity index (χ1) is 15.6. The van der Waals surface area contributed by atoms with Gasteiger partial charge in [0, 0.05) is 26.2 Å². The van der Waals surface area contributed by atoms with Crippen LogP contribution in [-0.4, -0.2) is 66.0 Å². The SMILES string of the molecule is O=C(C=Cc1ccccc1)C1=C(O)C(=O)N(CCCN2CCOCC2)C1c1ccccc1. The minimum Gasteiger partial charge on any atom is -0.503 e. The molecule has 6 heteroatoms. The number of ketones is 1. The van der Waals surface area contributed by atoms with E-state index < -0.39 is 17.7 Å². The summed E-state index contributed by atoms with van der Waals surface area (Å²) in [6.07, 6.45) is 3.89. The molecule has 1 atom stereocenters. The molecule has 0 bridgehead atoms. The highest BCUT2D eigenvalue weighted by Gasteiger charge is 2.42. The van der Waals surface area contributed by atoms with E-state index >= 15 is 0 Å². The molecule has 2 aromatic carbocycles. The number of hydrogen-bond acceptors (Lipinski definition) is 5. The highest BCUT2D eigenvalue weighted by atomic mass is 16.5. The van der Waals surface area contributed by atoms with Gasteiger partial charge in [0.05, 0.1) is 24.8 Å². The van der Waals surface area contributed by atoms with Crippen molar-refractivity contribution >= 4 is 17.8 Å². The first kappa shape index (κ1) is 22.0. The Morgan fingerprint density at radius 3 is 2.34 bits per heavy atom. The standard InChI is InChI=1S/C26H28N2O4/c29-22(13-12-20-8-3-1-4-9-20)23-24(21-10-5-2-6-11-21)28(26(31)25(23)30)15-7-14-27-16-18-32-19-17-27/h1-6,8-13,24,30H,7,14-19H2. The Bertz CT molecular complexity index is 995. The maximum Gasteiger partial charge on any atom is 0.290 e. The van der Waals surface area contributed by atoms with Crippen LogP contribution in [0.25, 0.3) is 6.08 Å². The zero-order chi connectivity index (χ0) is 22.3. The Morgan fingerprint density at radius 1 is 1.00 bits per heavy atom. The highest BCUT2D eigenvalue weighted by Crippen LogP contribution is 2.38. The van der Waals surface area contributed by atoms with E-state index in [0.717, 1.165) is 50.4 Å². The average Bonchev–Trinajstić information content (AvgIpc) is 3.09. The average molecular weight is 433 g/mol. The van der Waals surface area contributed by atoms with Crippen LogP contribution in [0.15, 0.2) is 78.1 Å². The fourth-order valence-corrected chi connectivity index (χ4v) is 4.23. The molecule has 0 aliphatic carbocycles. The van der Waals surface area contributed by atoms with Crippen molar-refractivity contribution < 1.29 is 19.4 Å². The highest BCUT2D eigenvalue weighted by molar-refractivity contribution is 6.14. The molecule has 0 aromatic heterocycles. The number of carbonyl (C=O) groups is 2. The van der Waals surface area contributed by atoms with E-state index in [1.165, 1.54) is 6.08 Å². The number of allylic oxidation sites excluding steroid dienone is 1. The van der Waals surface area contributed by atoms with Crippen molar-refractivity contribution in [2.75, 3.05) is 39.4 Å². The first-order valence-corrected chi connectivity index (χ1v) is 11.0. The molecule has 0 saturated carbocycles. The number of carbonyl (C=O) groups excluding carboxylic acids is 2. The molecule has 2 heterocycles. The monoisotopic (exact) mass is 432 g/mol. The molecule has 32 heavy (non-hydrogen) atoms. The zero-order valence-corrected chi connectivity index (χ0v) is 18.0. The lowest BCUT2D eigenvalue weighted by Crippen LogP contribution is -2.39. The summed E-state index contributed by atoms with van der Waals surface area (Å²) < 4.78 is 5.39. The van der Waals surface area contributed by atoms with Crippen molar-refractivity contribution in [2.45, 2.75) is 12.5 Å². The number of amides is 1. The van der Waals surface area contributed by atoms with E-state index in [1.54, 1.807) is 11.0 Å². The second-order valence-corrected chi connectivity index (χ2v) is 7.99. The van der Waals surface area contributed by atoms with Crippen molar-refractivity contribution in [3.05, 3.63) is 89.2 Å². The van der Waals surface area contributed by atoms with Gasteiger partial charge in [-0.3, -0.25) is 14.5 Å². The van der Waals surface area contributed by atoms with Crippen molar-refractivity contribution in [3.8, 4) is 0 Å². The third-order valence-corrected chi connectivity index (χ3v) is 5.89. The maximum atomic E-state index is 13.1. The normalized spacial score (nSPS) is 19.8. The molecule has 1 amide bonds. The van der Waals surface area contributed by atoms with Gasteiger partial charge in [-0.2, -0.15) is 0 Å². The summed E-state index contributed by atoms with van der Waals surface area (Å²) in [5, 5.41) is 10.7. The van der Waals surface area contributed by atoms with Crippen LogP contribution in [-0.2, 0) is 14.3 Å². The summed E-state index contributed by atoms with van der Waals surface area (Å²) in [6, 6.07) is 18.3. The summed E-state index contributed by atoms with van der Waals surface area (Å²) in [5.74, 6) is -1.30. The van der Waals surface area contributed by atoms with Crippen LogP contribution in [0.2, 0.25) is 0 Å². The van der Waals surface area contributed by atoms with Gasteiger partial charge < -0.3 is 14.7 Å². The Labute approximate surface area is 188 Å². The third-order valence-electron chi connectivity index (χ3n) is 5.89. The fourth-order valence-electron chi connectivity index (χ4n) is 4.23. The lowest BCUT2D eigenvalue weighted by atomic mass is 9.95. The van der Waals surface area contributed by atoms with E-state index in [0.29, 0.717) is 6.54 Å². The second kappa shape index (κ2) is 10.4. The van der Waals surface area contributed by atoms with Gasteiger partial charge in [-0.15, -0.1) is 0 Å². The van der Waals surface area contributed by atoms with Gasteiger partial charge in [0.25, 0.3) is 5.91 Å². The number of morpholine rings is 1. The predicted molar refractivity (Wildman–Crippen MR) is 123 cm³/mol. The molecular formula is C26H28N2O4. The fraction of sp³-hybridized carbons (Fsp3) is 0.308. The minimum absolute atomic E-state index is 0.139. The molecule has 1 unspecified atom stereocenters. The maximum absolute atomic E-state index is 13.1. The van der Waals surface area contributed by atoms with Crippen LogP contribution in [0.1, 0.15) is 23.6 Å². The number of rotatable bonds is 8. The van der Waals surface area contributed by atoms with Crippen molar-refractivity contribution in [1.29, 1.82) is 0 Å². The van der Waals surface area contributed by atoms with Crippen molar-refractivity contribution in [3.63, 3.8) is 0 Å². The predicted octanol–water partition coefficient (Wildman–Crippen LogP) is 3.39. The summed E-state index contributed by atoms with van der Waals surface area (Å²) >= 11 is 0. The van der Waals surface area contributed by atoms with Crippen LogP contribution in [0, 0.1) is 0 Å². The van der Waals surface area contributed by atoms with Crippen LogP contribution in [0.5, 0.6) is 0 Å².